The van der Waals surface area contributed by atoms with Gasteiger partial charge in [0.25, 0.3) is 0 Å². The van der Waals surface area contributed by atoms with Gasteiger partial charge in [-0.15, -0.1) is 0 Å². The smallest absolute Gasteiger partial charge is 0.338 e. The molecule has 166 valence electrons. The van der Waals surface area contributed by atoms with E-state index in [1.165, 1.54) is 18.4 Å². The fourth-order valence-electron chi connectivity index (χ4n) is 2.98. The number of nitrogens with zero attached hydrogens (tertiary/aromatic N) is 4. The number of aryl methyl sites for hydroxylation is 1. The number of pyridine rings is 2. The van der Waals surface area contributed by atoms with Crippen LogP contribution in [-0.4, -0.2) is 45.0 Å². The summed E-state index contributed by atoms with van der Waals surface area (Å²) in [5.41, 5.74) is 3.47. The lowest BCUT2D eigenvalue weighted by atomic mass is 10.2. The van der Waals surface area contributed by atoms with E-state index >= 15 is 0 Å². The maximum Gasteiger partial charge on any atom is 0.338 e. The Bertz CT molecular complexity index is 1370. The number of imidazole rings is 1. The Labute approximate surface area is 193 Å². The molecule has 0 unspecified atom stereocenters. The number of amides is 2. The molecule has 2 N–H and O–H groups in total. The van der Waals surface area contributed by atoms with Crippen LogP contribution in [0.1, 0.15) is 32.2 Å². The summed E-state index contributed by atoms with van der Waals surface area (Å²) >= 11 is 1.32. The van der Waals surface area contributed by atoms with E-state index in [1.807, 2.05) is 29.7 Å². The predicted octanol–water partition coefficient (Wildman–Crippen LogP) is 3.04. The quantitative estimate of drug-likeness (QED) is 0.350. The average Bonchev–Trinajstić information content (AvgIpc) is 3.39. The van der Waals surface area contributed by atoms with Gasteiger partial charge in [0.15, 0.2) is 5.13 Å². The van der Waals surface area contributed by atoms with Crippen LogP contribution in [0.5, 0.6) is 0 Å². The molecule has 0 bridgehead atoms. The highest BCUT2D eigenvalue weighted by Gasteiger charge is 2.11. The van der Waals surface area contributed by atoms with Gasteiger partial charge in [0.2, 0.25) is 0 Å². The van der Waals surface area contributed by atoms with E-state index in [-0.39, 0.29) is 6.03 Å². The number of urea groups is 1. The normalized spacial score (nSPS) is 10.4. The Balaban J connectivity index is 1.31. The molecule has 33 heavy (non-hydrogen) atoms. The van der Waals surface area contributed by atoms with Crippen LogP contribution >= 0.6 is 11.3 Å². The molecule has 9 nitrogen and oxygen atoms in total. The van der Waals surface area contributed by atoms with Gasteiger partial charge in [-0.2, -0.15) is 0 Å². The molecule has 4 aromatic heterocycles. The second-order valence-electron chi connectivity index (χ2n) is 6.96. The fourth-order valence-corrected chi connectivity index (χ4v) is 3.79. The highest BCUT2D eigenvalue weighted by molar-refractivity contribution is 7.16. The molecule has 0 aliphatic rings. The molecule has 0 aliphatic heterocycles. The third kappa shape index (κ3) is 5.53. The Hall–Kier alpha value is -4.23. The van der Waals surface area contributed by atoms with E-state index in [0.29, 0.717) is 29.3 Å². The van der Waals surface area contributed by atoms with Crippen LogP contribution in [0.4, 0.5) is 9.93 Å². The number of aromatic nitrogens is 4. The zero-order valence-corrected chi connectivity index (χ0v) is 18.8. The molecule has 4 heterocycles. The summed E-state index contributed by atoms with van der Waals surface area (Å²) in [7, 11) is 1.34. The van der Waals surface area contributed by atoms with Crippen molar-refractivity contribution >= 4 is 34.1 Å². The molecule has 2 amide bonds. The lowest BCUT2D eigenvalue weighted by molar-refractivity contribution is 0.0600. The number of hydrogen-bond donors (Lipinski definition) is 2. The summed E-state index contributed by atoms with van der Waals surface area (Å²) in [6, 6.07) is 6.64. The zero-order chi connectivity index (χ0) is 23.2. The van der Waals surface area contributed by atoms with Gasteiger partial charge in [0, 0.05) is 43.3 Å². The standard InChI is InChI=1S/C23H20N6O3S/c1-15-19(4-3-16-5-9-24-10-6-16)33-23(26-15)28-22(31)25-11-7-18-14-29-12-8-17(21(30)32-2)13-20(29)27-18/h5-6,8-10,12-14H,7,11H2,1-2H3,(H2,25,26,28,31). The van der Waals surface area contributed by atoms with Crippen LogP contribution in [0, 0.1) is 18.8 Å². The molecule has 0 radical (unpaired) electrons. The van der Waals surface area contributed by atoms with E-state index < -0.39 is 5.97 Å². The number of rotatable bonds is 5. The first-order valence-electron chi connectivity index (χ1n) is 10.0. The highest BCUT2D eigenvalue weighted by Crippen LogP contribution is 2.21. The highest BCUT2D eigenvalue weighted by atomic mass is 32.1. The Kier molecular flexibility index (Phi) is 6.61. The molecule has 4 rings (SSSR count). The van der Waals surface area contributed by atoms with Crippen LogP contribution in [0.3, 0.4) is 0 Å². The number of nitrogens with one attached hydrogen (secondary N) is 2. The molecule has 0 spiro atoms. The predicted molar refractivity (Wildman–Crippen MR) is 124 cm³/mol. The van der Waals surface area contributed by atoms with Gasteiger partial charge in [-0.3, -0.25) is 10.3 Å². The van der Waals surface area contributed by atoms with Crippen LogP contribution in [0.25, 0.3) is 5.65 Å². The van der Waals surface area contributed by atoms with Crippen LogP contribution in [0.15, 0.2) is 49.1 Å². The molecule has 4 aromatic rings. The number of carbonyl (C=O) groups excluding carboxylic acids is 2. The molecular formula is C23H20N6O3S. The maximum absolute atomic E-state index is 12.3. The minimum absolute atomic E-state index is 0.353. The van der Waals surface area contributed by atoms with Gasteiger partial charge in [-0.25, -0.2) is 19.6 Å². The van der Waals surface area contributed by atoms with Gasteiger partial charge in [0.1, 0.15) is 10.5 Å². The largest absolute Gasteiger partial charge is 0.465 e. The van der Waals surface area contributed by atoms with E-state index in [2.05, 4.69) is 37.4 Å². The number of methoxy groups -OCH3 is 1. The van der Waals surface area contributed by atoms with Gasteiger partial charge >= 0.3 is 12.0 Å². The first-order chi connectivity index (χ1) is 16.0. The van der Waals surface area contributed by atoms with Crippen LogP contribution in [0.2, 0.25) is 0 Å². The van der Waals surface area contributed by atoms with Crippen molar-refractivity contribution in [3.8, 4) is 11.8 Å². The second-order valence-corrected chi connectivity index (χ2v) is 7.95. The Morgan fingerprint density at radius 3 is 2.79 bits per heavy atom. The van der Waals surface area contributed by atoms with Crippen LogP contribution < -0.4 is 10.6 Å². The number of esters is 1. The lowest BCUT2D eigenvalue weighted by Crippen LogP contribution is -2.30. The van der Waals surface area contributed by atoms with Crippen molar-refractivity contribution in [2.45, 2.75) is 13.3 Å². The van der Waals surface area contributed by atoms with E-state index in [1.54, 1.807) is 30.7 Å². The maximum atomic E-state index is 12.3. The number of ether oxygens (including phenoxy) is 1. The summed E-state index contributed by atoms with van der Waals surface area (Å²) in [5, 5.41) is 6.02. The molecule has 0 saturated carbocycles. The SMILES string of the molecule is COC(=O)c1ccn2cc(CCNC(=O)Nc3nc(C)c(C#Cc4ccncc4)s3)nc2c1. The molecule has 0 saturated heterocycles. The summed E-state index contributed by atoms with van der Waals surface area (Å²) in [6.07, 6.45) is 7.51. The third-order valence-electron chi connectivity index (χ3n) is 4.62. The first kappa shape index (κ1) is 22.0. The number of thiazole rings is 1. The van der Waals surface area contributed by atoms with Gasteiger partial charge in [-0.1, -0.05) is 17.3 Å². The number of fused-ring (bicyclic) bond motifs is 1. The minimum Gasteiger partial charge on any atom is -0.465 e. The van der Waals surface area contributed by atoms with Gasteiger partial charge < -0.3 is 14.5 Å². The van der Waals surface area contributed by atoms with Gasteiger partial charge in [0.05, 0.1) is 24.1 Å². The van der Waals surface area contributed by atoms with E-state index in [4.69, 9.17) is 4.74 Å². The lowest BCUT2D eigenvalue weighted by Gasteiger charge is -2.03. The van der Waals surface area contributed by atoms with Crippen molar-refractivity contribution in [2.24, 2.45) is 0 Å². The Morgan fingerprint density at radius 1 is 1.18 bits per heavy atom. The van der Waals surface area contributed by atoms with Crippen molar-refractivity contribution in [1.29, 1.82) is 0 Å². The van der Waals surface area contributed by atoms with E-state index in [0.717, 1.165) is 21.8 Å². The second kappa shape index (κ2) is 9.93. The van der Waals surface area contributed by atoms with Crippen molar-refractivity contribution in [3.05, 3.63) is 76.4 Å². The molecule has 0 atom stereocenters. The average molecular weight is 461 g/mol. The summed E-state index contributed by atoms with van der Waals surface area (Å²) in [6.45, 7) is 2.24. The van der Waals surface area contributed by atoms with Crippen molar-refractivity contribution < 1.29 is 14.3 Å². The van der Waals surface area contributed by atoms with Crippen molar-refractivity contribution in [2.75, 3.05) is 19.0 Å². The minimum atomic E-state index is -0.413. The first-order valence-corrected chi connectivity index (χ1v) is 10.8. The summed E-state index contributed by atoms with van der Waals surface area (Å²) in [5.74, 6) is 5.73. The fraction of sp³-hybridized carbons (Fsp3) is 0.174. The Morgan fingerprint density at radius 2 is 2.00 bits per heavy atom. The van der Waals surface area contributed by atoms with Crippen LogP contribution in [-0.2, 0) is 11.2 Å². The summed E-state index contributed by atoms with van der Waals surface area (Å²) in [4.78, 5) is 37.5. The molecular weight excluding hydrogens is 440 g/mol. The number of carbonyl (C=O) groups is 2. The molecule has 0 aliphatic carbocycles. The monoisotopic (exact) mass is 460 g/mol. The van der Waals surface area contributed by atoms with E-state index in [9.17, 15) is 9.59 Å². The topological polar surface area (TPSA) is 111 Å². The van der Waals surface area contributed by atoms with Gasteiger partial charge in [-0.05, 0) is 37.1 Å². The van der Waals surface area contributed by atoms with Crippen molar-refractivity contribution in [1.82, 2.24) is 24.7 Å². The van der Waals surface area contributed by atoms with Crippen molar-refractivity contribution in [3.63, 3.8) is 0 Å². The zero-order valence-electron chi connectivity index (χ0n) is 18.0. The molecule has 0 aromatic carbocycles. The number of hydrogen-bond acceptors (Lipinski definition) is 7. The third-order valence-corrected chi connectivity index (χ3v) is 5.60. The molecule has 10 heteroatoms. The summed E-state index contributed by atoms with van der Waals surface area (Å²) < 4.78 is 6.54. The molecule has 0 fully saturated rings. The number of anilines is 1.